The van der Waals surface area contributed by atoms with Crippen LogP contribution in [0.1, 0.15) is 23.8 Å². The summed E-state index contributed by atoms with van der Waals surface area (Å²) in [5, 5.41) is 10.6. The Balaban J connectivity index is 1.81. The summed E-state index contributed by atoms with van der Waals surface area (Å²) in [7, 11) is 0. The summed E-state index contributed by atoms with van der Waals surface area (Å²) in [6, 6.07) is 3.19. The van der Waals surface area contributed by atoms with Gasteiger partial charge in [0, 0.05) is 13.0 Å². The van der Waals surface area contributed by atoms with Gasteiger partial charge in [0.15, 0.2) is 11.5 Å². The maximum Gasteiger partial charge on any atom is 0.269 e. The standard InChI is InChI=1S/C11H16N4O3/c1-11(17-6-7-18-11)4-5-13-9-3-2-8(10(12)16)14-15-9/h2-3H,4-7H2,1H3,(H2,12,16)(H,13,15). The van der Waals surface area contributed by atoms with Crippen molar-refractivity contribution in [3.63, 3.8) is 0 Å². The molecule has 0 atom stereocenters. The first kappa shape index (κ1) is 12.7. The zero-order valence-electron chi connectivity index (χ0n) is 10.2. The topological polar surface area (TPSA) is 99.4 Å². The molecule has 18 heavy (non-hydrogen) atoms. The second-order valence-corrected chi connectivity index (χ2v) is 4.18. The predicted molar refractivity (Wildman–Crippen MR) is 64.0 cm³/mol. The lowest BCUT2D eigenvalue weighted by molar-refractivity contribution is -0.144. The van der Waals surface area contributed by atoms with E-state index in [1.54, 1.807) is 6.07 Å². The Labute approximate surface area is 105 Å². The number of nitrogens with one attached hydrogen (secondary N) is 1. The molecule has 1 aromatic heterocycles. The molecule has 0 aliphatic carbocycles. The summed E-state index contributed by atoms with van der Waals surface area (Å²) in [4.78, 5) is 10.8. The van der Waals surface area contributed by atoms with Gasteiger partial charge in [0.2, 0.25) is 0 Å². The Bertz CT molecular complexity index is 415. The van der Waals surface area contributed by atoms with Crippen molar-refractivity contribution >= 4 is 11.7 Å². The van der Waals surface area contributed by atoms with Gasteiger partial charge in [-0.25, -0.2) is 0 Å². The number of amides is 1. The molecule has 7 heteroatoms. The molecule has 2 rings (SSSR count). The minimum atomic E-state index is -0.589. The smallest absolute Gasteiger partial charge is 0.269 e. The van der Waals surface area contributed by atoms with Crippen LogP contribution >= 0.6 is 0 Å². The Morgan fingerprint density at radius 1 is 1.44 bits per heavy atom. The monoisotopic (exact) mass is 252 g/mol. The van der Waals surface area contributed by atoms with Crippen molar-refractivity contribution in [1.82, 2.24) is 10.2 Å². The van der Waals surface area contributed by atoms with Crippen LogP contribution in [0.3, 0.4) is 0 Å². The first-order valence-electron chi connectivity index (χ1n) is 5.74. The highest BCUT2D eigenvalue weighted by Crippen LogP contribution is 2.22. The highest BCUT2D eigenvalue weighted by atomic mass is 16.7. The quantitative estimate of drug-likeness (QED) is 0.773. The zero-order valence-corrected chi connectivity index (χ0v) is 10.2. The number of hydrogen-bond donors (Lipinski definition) is 2. The molecule has 0 unspecified atom stereocenters. The molecule has 0 saturated carbocycles. The maximum absolute atomic E-state index is 10.8. The van der Waals surface area contributed by atoms with Crippen molar-refractivity contribution in [3.8, 4) is 0 Å². The van der Waals surface area contributed by atoms with E-state index in [1.165, 1.54) is 6.07 Å². The van der Waals surface area contributed by atoms with E-state index in [9.17, 15) is 4.79 Å². The summed E-state index contributed by atoms with van der Waals surface area (Å²) in [5.41, 5.74) is 5.22. The summed E-state index contributed by atoms with van der Waals surface area (Å²) in [6.45, 7) is 3.80. The molecule has 2 heterocycles. The molecule has 1 aliphatic rings. The van der Waals surface area contributed by atoms with Crippen LogP contribution in [0.2, 0.25) is 0 Å². The van der Waals surface area contributed by atoms with Gasteiger partial charge in [-0.15, -0.1) is 10.2 Å². The fraction of sp³-hybridized carbons (Fsp3) is 0.545. The molecule has 7 nitrogen and oxygen atoms in total. The van der Waals surface area contributed by atoms with E-state index in [1.807, 2.05) is 6.92 Å². The zero-order chi connectivity index (χ0) is 13.0. The van der Waals surface area contributed by atoms with Gasteiger partial charge < -0.3 is 20.5 Å². The van der Waals surface area contributed by atoms with Gasteiger partial charge in [-0.3, -0.25) is 4.79 Å². The van der Waals surface area contributed by atoms with Crippen LogP contribution < -0.4 is 11.1 Å². The number of aromatic nitrogens is 2. The lowest BCUT2D eigenvalue weighted by Crippen LogP contribution is -2.28. The van der Waals surface area contributed by atoms with Gasteiger partial charge in [-0.2, -0.15) is 0 Å². The van der Waals surface area contributed by atoms with E-state index in [4.69, 9.17) is 15.2 Å². The lowest BCUT2D eigenvalue weighted by atomic mass is 10.2. The SMILES string of the molecule is CC1(CCNc2ccc(C(N)=O)nn2)OCCO1. The molecule has 1 aromatic rings. The minimum absolute atomic E-state index is 0.148. The molecule has 1 saturated heterocycles. The van der Waals surface area contributed by atoms with Crippen molar-refractivity contribution in [3.05, 3.63) is 17.8 Å². The molecule has 98 valence electrons. The molecule has 0 spiro atoms. The molecule has 1 aliphatic heterocycles. The fourth-order valence-electron chi connectivity index (χ4n) is 1.68. The van der Waals surface area contributed by atoms with Crippen molar-refractivity contribution in [2.45, 2.75) is 19.1 Å². The van der Waals surface area contributed by atoms with Gasteiger partial charge in [-0.05, 0) is 19.1 Å². The summed E-state index contributed by atoms with van der Waals surface area (Å²) in [6.07, 6.45) is 0.701. The molecule has 0 radical (unpaired) electrons. The van der Waals surface area contributed by atoms with Gasteiger partial charge >= 0.3 is 0 Å². The van der Waals surface area contributed by atoms with Crippen LogP contribution in [0.4, 0.5) is 5.82 Å². The second kappa shape index (κ2) is 5.28. The summed E-state index contributed by atoms with van der Waals surface area (Å²) >= 11 is 0. The van der Waals surface area contributed by atoms with Crippen LogP contribution in [-0.4, -0.2) is 41.7 Å². The van der Waals surface area contributed by atoms with Crippen LogP contribution in [0.25, 0.3) is 0 Å². The first-order chi connectivity index (χ1) is 8.59. The molecule has 0 aromatic carbocycles. The average Bonchev–Trinajstić information content (AvgIpc) is 2.77. The van der Waals surface area contributed by atoms with Gasteiger partial charge in [0.05, 0.1) is 13.2 Å². The van der Waals surface area contributed by atoms with E-state index >= 15 is 0 Å². The van der Waals surface area contributed by atoms with E-state index in [-0.39, 0.29) is 5.69 Å². The van der Waals surface area contributed by atoms with E-state index in [0.29, 0.717) is 32.0 Å². The Kier molecular flexibility index (Phi) is 3.73. The van der Waals surface area contributed by atoms with Gasteiger partial charge in [0.1, 0.15) is 5.82 Å². The third kappa shape index (κ3) is 3.14. The molecule has 1 fully saturated rings. The summed E-state index contributed by atoms with van der Waals surface area (Å²) < 4.78 is 10.9. The van der Waals surface area contributed by atoms with Gasteiger partial charge in [0.25, 0.3) is 5.91 Å². The van der Waals surface area contributed by atoms with Crippen LogP contribution in [0.5, 0.6) is 0 Å². The average molecular weight is 252 g/mol. The van der Waals surface area contributed by atoms with Crippen LogP contribution in [-0.2, 0) is 9.47 Å². The van der Waals surface area contributed by atoms with E-state index in [2.05, 4.69) is 15.5 Å². The molecule has 3 N–H and O–H groups in total. The van der Waals surface area contributed by atoms with Crippen molar-refractivity contribution in [1.29, 1.82) is 0 Å². The summed E-state index contributed by atoms with van der Waals surface area (Å²) in [5.74, 6) is -0.524. The number of rotatable bonds is 5. The van der Waals surface area contributed by atoms with Crippen molar-refractivity contribution in [2.75, 3.05) is 25.1 Å². The number of carbonyl (C=O) groups excluding carboxylic acids is 1. The Hall–Kier alpha value is -1.73. The fourth-order valence-corrected chi connectivity index (χ4v) is 1.68. The molecule has 0 bridgehead atoms. The Morgan fingerprint density at radius 2 is 2.17 bits per heavy atom. The molecular formula is C11H16N4O3. The number of hydrogen-bond acceptors (Lipinski definition) is 6. The third-order valence-corrected chi connectivity index (χ3v) is 2.70. The largest absolute Gasteiger partial charge is 0.368 e. The van der Waals surface area contributed by atoms with Crippen LogP contribution in [0, 0.1) is 0 Å². The van der Waals surface area contributed by atoms with Crippen molar-refractivity contribution < 1.29 is 14.3 Å². The number of primary amides is 1. The number of ether oxygens (including phenoxy) is 2. The lowest BCUT2D eigenvalue weighted by Gasteiger charge is -2.22. The minimum Gasteiger partial charge on any atom is -0.368 e. The third-order valence-electron chi connectivity index (χ3n) is 2.70. The maximum atomic E-state index is 10.8. The van der Waals surface area contributed by atoms with E-state index in [0.717, 1.165) is 0 Å². The highest BCUT2D eigenvalue weighted by Gasteiger charge is 2.30. The van der Waals surface area contributed by atoms with Crippen LogP contribution in [0.15, 0.2) is 12.1 Å². The first-order valence-corrected chi connectivity index (χ1v) is 5.74. The van der Waals surface area contributed by atoms with Crippen molar-refractivity contribution in [2.24, 2.45) is 5.73 Å². The number of nitrogens with two attached hydrogens (primary N) is 1. The second-order valence-electron chi connectivity index (χ2n) is 4.18. The molecule has 1 amide bonds. The predicted octanol–water partition coefficient (Wildman–Crippen LogP) is 0.140. The van der Waals surface area contributed by atoms with Gasteiger partial charge in [-0.1, -0.05) is 0 Å². The number of carbonyl (C=O) groups is 1. The Morgan fingerprint density at radius 3 is 2.72 bits per heavy atom. The molecular weight excluding hydrogens is 236 g/mol. The number of nitrogens with zero attached hydrogens (tertiary/aromatic N) is 2. The normalized spacial score (nSPS) is 17.6. The highest BCUT2D eigenvalue weighted by molar-refractivity contribution is 5.90. The number of anilines is 1. The van der Waals surface area contributed by atoms with E-state index < -0.39 is 11.7 Å².